The Morgan fingerprint density at radius 1 is 1.44 bits per heavy atom. The first-order valence-corrected chi connectivity index (χ1v) is 7.01. The van der Waals surface area contributed by atoms with Crippen LogP contribution in [0, 0.1) is 0 Å². The van der Waals surface area contributed by atoms with E-state index in [1.54, 1.807) is 28.9 Å². The van der Waals surface area contributed by atoms with Crippen LogP contribution in [0.1, 0.15) is 25.3 Å². The van der Waals surface area contributed by atoms with E-state index in [4.69, 9.17) is 0 Å². The Kier molecular flexibility index (Phi) is 4.25. The highest BCUT2D eigenvalue weighted by molar-refractivity contribution is 8.14. The molecule has 1 heterocycles. The largest absolute Gasteiger partial charge is 0.273 e. The second-order valence-electron chi connectivity index (χ2n) is 4.08. The molecular weight excluding hydrogens is 246 g/mol. The summed E-state index contributed by atoms with van der Waals surface area (Å²) in [6, 6.07) is 10.0. The van der Waals surface area contributed by atoms with E-state index in [0.717, 1.165) is 17.0 Å². The summed E-state index contributed by atoms with van der Waals surface area (Å²) in [5.41, 5.74) is 1.10. The van der Waals surface area contributed by atoms with Crippen LogP contribution in [0.4, 0.5) is 0 Å². The molecule has 1 aliphatic heterocycles. The Labute approximate surface area is 112 Å². The number of hydrazone groups is 1. The van der Waals surface area contributed by atoms with Crippen LogP contribution in [0.25, 0.3) is 0 Å². The summed E-state index contributed by atoms with van der Waals surface area (Å²) < 4.78 is 0. The van der Waals surface area contributed by atoms with E-state index in [-0.39, 0.29) is 5.91 Å². The number of rotatable bonds is 4. The van der Waals surface area contributed by atoms with Gasteiger partial charge in [0.15, 0.2) is 0 Å². The number of thioether (sulfide) groups is 1. The predicted molar refractivity (Wildman–Crippen MR) is 75.0 cm³/mol. The summed E-state index contributed by atoms with van der Waals surface area (Å²) >= 11 is 1.65. The lowest BCUT2D eigenvalue weighted by Crippen LogP contribution is -2.38. The van der Waals surface area contributed by atoms with Gasteiger partial charge in [0.25, 0.3) is 0 Å². The molecule has 0 saturated carbocycles. The van der Waals surface area contributed by atoms with Crippen LogP contribution in [0.2, 0.25) is 0 Å². The molecule has 0 saturated heterocycles. The molecule has 2 rings (SSSR count). The Balaban J connectivity index is 2.06. The van der Waals surface area contributed by atoms with E-state index in [0.29, 0.717) is 12.3 Å². The fraction of sp³-hybridized carbons (Fsp3) is 0.385. The SMILES string of the molecule is CCCC(=O)N(C)N1CSC(c2ccccc2)=N1. The van der Waals surface area contributed by atoms with Crippen LogP contribution in [0.5, 0.6) is 0 Å². The predicted octanol–water partition coefficient (Wildman–Crippen LogP) is 2.53. The second kappa shape index (κ2) is 5.91. The molecule has 96 valence electrons. The van der Waals surface area contributed by atoms with Crippen molar-refractivity contribution in [3.63, 3.8) is 0 Å². The molecule has 0 aromatic heterocycles. The van der Waals surface area contributed by atoms with Gasteiger partial charge in [0, 0.05) is 19.0 Å². The lowest BCUT2D eigenvalue weighted by atomic mass is 10.2. The minimum absolute atomic E-state index is 0.108. The fourth-order valence-corrected chi connectivity index (χ4v) is 2.58. The first kappa shape index (κ1) is 13.0. The van der Waals surface area contributed by atoms with Crippen molar-refractivity contribution in [1.82, 2.24) is 10.1 Å². The lowest BCUT2D eigenvalue weighted by Gasteiger charge is -2.25. The Morgan fingerprint density at radius 3 is 2.83 bits per heavy atom. The second-order valence-corrected chi connectivity index (χ2v) is 5.02. The maximum atomic E-state index is 11.8. The highest BCUT2D eigenvalue weighted by Crippen LogP contribution is 2.23. The van der Waals surface area contributed by atoms with Gasteiger partial charge >= 0.3 is 0 Å². The summed E-state index contributed by atoms with van der Waals surface area (Å²) in [6.45, 7) is 2.00. The molecule has 0 spiro atoms. The van der Waals surface area contributed by atoms with E-state index < -0.39 is 0 Å². The smallest absolute Gasteiger partial charge is 0.242 e. The van der Waals surface area contributed by atoms with Crippen LogP contribution in [-0.2, 0) is 4.79 Å². The average molecular weight is 263 g/mol. The minimum Gasteiger partial charge on any atom is -0.273 e. The molecule has 1 aromatic rings. The highest BCUT2D eigenvalue weighted by Gasteiger charge is 2.22. The molecule has 1 amide bonds. The van der Waals surface area contributed by atoms with Crippen molar-refractivity contribution in [3.8, 4) is 0 Å². The van der Waals surface area contributed by atoms with Crippen LogP contribution in [-0.4, -0.2) is 34.0 Å². The number of amides is 1. The molecule has 0 unspecified atom stereocenters. The first-order valence-electron chi connectivity index (χ1n) is 6.03. The molecule has 1 aliphatic rings. The summed E-state index contributed by atoms with van der Waals surface area (Å²) in [5, 5.41) is 8.77. The van der Waals surface area contributed by atoms with Crippen molar-refractivity contribution in [2.24, 2.45) is 5.10 Å². The van der Waals surface area contributed by atoms with Gasteiger partial charge in [-0.1, -0.05) is 49.0 Å². The standard InChI is InChI=1S/C13H17N3OS/c1-3-7-12(17)15(2)16-10-18-13(14-16)11-8-5-4-6-9-11/h4-6,8-9H,3,7,10H2,1-2H3. The number of hydrogen-bond acceptors (Lipinski definition) is 4. The molecule has 4 nitrogen and oxygen atoms in total. The maximum absolute atomic E-state index is 11.8. The van der Waals surface area contributed by atoms with Crippen LogP contribution in [0.15, 0.2) is 35.4 Å². The third-order valence-corrected chi connectivity index (χ3v) is 3.67. The molecule has 0 atom stereocenters. The van der Waals surface area contributed by atoms with Crippen LogP contribution in [0.3, 0.4) is 0 Å². The normalized spacial score (nSPS) is 14.6. The molecule has 18 heavy (non-hydrogen) atoms. The van der Waals surface area contributed by atoms with Crippen molar-refractivity contribution >= 4 is 22.7 Å². The Morgan fingerprint density at radius 2 is 2.17 bits per heavy atom. The quantitative estimate of drug-likeness (QED) is 0.837. The van der Waals surface area contributed by atoms with Gasteiger partial charge in [-0.3, -0.25) is 4.79 Å². The number of carbonyl (C=O) groups is 1. The minimum atomic E-state index is 0.108. The Hall–Kier alpha value is -1.49. The topological polar surface area (TPSA) is 35.9 Å². The lowest BCUT2D eigenvalue weighted by molar-refractivity contribution is -0.143. The van der Waals surface area contributed by atoms with Crippen LogP contribution >= 0.6 is 11.8 Å². The first-order chi connectivity index (χ1) is 8.72. The summed E-state index contributed by atoms with van der Waals surface area (Å²) in [7, 11) is 1.77. The molecule has 0 aliphatic carbocycles. The molecular formula is C13H17N3OS. The van der Waals surface area contributed by atoms with Crippen LogP contribution < -0.4 is 0 Å². The molecule has 0 fully saturated rings. The van der Waals surface area contributed by atoms with Gasteiger partial charge in [0.1, 0.15) is 10.9 Å². The van der Waals surface area contributed by atoms with Crippen molar-refractivity contribution in [3.05, 3.63) is 35.9 Å². The Bertz CT molecular complexity index is 447. The van der Waals surface area contributed by atoms with Gasteiger partial charge in [-0.25, -0.2) is 5.01 Å². The molecule has 0 N–H and O–H groups in total. The summed E-state index contributed by atoms with van der Waals surface area (Å²) in [5.74, 6) is 0.798. The van der Waals surface area contributed by atoms with E-state index in [2.05, 4.69) is 5.10 Å². The third kappa shape index (κ3) is 2.85. The third-order valence-electron chi connectivity index (χ3n) is 2.71. The van der Waals surface area contributed by atoms with Crippen molar-refractivity contribution in [1.29, 1.82) is 0 Å². The van der Waals surface area contributed by atoms with E-state index >= 15 is 0 Å². The molecule has 5 heteroatoms. The zero-order valence-electron chi connectivity index (χ0n) is 10.7. The van der Waals surface area contributed by atoms with E-state index in [1.165, 1.54) is 0 Å². The van der Waals surface area contributed by atoms with E-state index in [9.17, 15) is 4.79 Å². The number of hydrogen-bond donors (Lipinski definition) is 0. The van der Waals surface area contributed by atoms with Gasteiger partial charge in [0.2, 0.25) is 5.91 Å². The number of nitrogens with zero attached hydrogens (tertiary/aromatic N) is 3. The maximum Gasteiger partial charge on any atom is 0.242 e. The zero-order valence-corrected chi connectivity index (χ0v) is 11.5. The van der Waals surface area contributed by atoms with Gasteiger partial charge in [-0.05, 0) is 6.42 Å². The monoisotopic (exact) mass is 263 g/mol. The van der Waals surface area contributed by atoms with Gasteiger partial charge in [-0.15, -0.1) is 5.10 Å². The van der Waals surface area contributed by atoms with Gasteiger partial charge < -0.3 is 0 Å². The number of benzene rings is 1. The van der Waals surface area contributed by atoms with Crippen molar-refractivity contribution in [2.45, 2.75) is 19.8 Å². The number of hydrazine groups is 1. The van der Waals surface area contributed by atoms with Gasteiger partial charge in [-0.2, -0.15) is 5.12 Å². The van der Waals surface area contributed by atoms with Crippen molar-refractivity contribution in [2.75, 3.05) is 12.9 Å². The molecule has 0 bridgehead atoms. The molecule has 1 aromatic carbocycles. The zero-order chi connectivity index (χ0) is 13.0. The molecule has 0 radical (unpaired) electrons. The highest BCUT2D eigenvalue weighted by atomic mass is 32.2. The van der Waals surface area contributed by atoms with Crippen molar-refractivity contribution < 1.29 is 4.79 Å². The van der Waals surface area contributed by atoms with E-state index in [1.807, 2.05) is 37.3 Å². The fourth-order valence-electron chi connectivity index (χ4n) is 1.66. The number of carbonyl (C=O) groups excluding carboxylic acids is 1. The summed E-state index contributed by atoms with van der Waals surface area (Å²) in [4.78, 5) is 11.8. The average Bonchev–Trinajstić information content (AvgIpc) is 2.89. The van der Waals surface area contributed by atoms with Gasteiger partial charge in [0.05, 0.1) is 0 Å². The summed E-state index contributed by atoms with van der Waals surface area (Å²) in [6.07, 6.45) is 1.42.